The molecular formula is C17H22F2N2O. The van der Waals surface area contributed by atoms with Crippen molar-refractivity contribution < 1.29 is 13.6 Å². The highest BCUT2D eigenvalue weighted by Crippen LogP contribution is 2.33. The molecule has 1 saturated carbocycles. The summed E-state index contributed by atoms with van der Waals surface area (Å²) in [4.78, 5) is 12.2. The number of halogens is 2. The molecule has 1 aliphatic carbocycles. The molecule has 1 amide bonds. The molecule has 0 spiro atoms. The second kappa shape index (κ2) is 6.73. The van der Waals surface area contributed by atoms with E-state index in [1.54, 1.807) is 0 Å². The molecular weight excluding hydrogens is 286 g/mol. The van der Waals surface area contributed by atoms with Crippen LogP contribution in [0.25, 0.3) is 0 Å². The molecule has 1 saturated heterocycles. The second-order valence-corrected chi connectivity index (χ2v) is 6.35. The summed E-state index contributed by atoms with van der Waals surface area (Å²) in [5.74, 6) is -0.557. The van der Waals surface area contributed by atoms with Gasteiger partial charge in [0.15, 0.2) is 0 Å². The Labute approximate surface area is 129 Å². The molecule has 3 unspecified atom stereocenters. The summed E-state index contributed by atoms with van der Waals surface area (Å²) < 4.78 is 27.0. The molecule has 2 aliphatic rings. The summed E-state index contributed by atoms with van der Waals surface area (Å²) in [6.45, 7) is 0.254. The van der Waals surface area contributed by atoms with Crippen molar-refractivity contribution in [3.05, 3.63) is 35.4 Å². The fraction of sp³-hybridized carbons (Fsp3) is 0.588. The Morgan fingerprint density at radius 3 is 2.68 bits per heavy atom. The maximum absolute atomic E-state index is 13.5. The average Bonchev–Trinajstić information content (AvgIpc) is 2.94. The van der Waals surface area contributed by atoms with Gasteiger partial charge < -0.3 is 10.6 Å². The first-order chi connectivity index (χ1) is 10.6. The summed E-state index contributed by atoms with van der Waals surface area (Å²) >= 11 is 0. The smallest absolute Gasteiger partial charge is 0.237 e. The van der Waals surface area contributed by atoms with E-state index in [-0.39, 0.29) is 30.5 Å². The topological polar surface area (TPSA) is 41.1 Å². The molecule has 1 heterocycles. The van der Waals surface area contributed by atoms with Crippen LogP contribution in [-0.2, 0) is 11.2 Å². The Bertz CT molecular complexity index is 515. The van der Waals surface area contributed by atoms with Crippen LogP contribution in [0.15, 0.2) is 18.2 Å². The Kier molecular flexibility index (Phi) is 4.71. The van der Waals surface area contributed by atoms with E-state index in [4.69, 9.17) is 0 Å². The molecule has 5 heteroatoms. The van der Waals surface area contributed by atoms with Gasteiger partial charge in [0, 0.05) is 18.2 Å². The van der Waals surface area contributed by atoms with E-state index in [0.29, 0.717) is 12.0 Å². The Balaban J connectivity index is 1.49. The number of amides is 1. The third-order valence-corrected chi connectivity index (χ3v) is 4.92. The fourth-order valence-corrected chi connectivity index (χ4v) is 3.73. The minimum atomic E-state index is -0.556. The van der Waals surface area contributed by atoms with Crippen LogP contribution in [0.3, 0.4) is 0 Å². The van der Waals surface area contributed by atoms with Gasteiger partial charge in [0.05, 0.1) is 6.04 Å². The first-order valence-corrected chi connectivity index (χ1v) is 8.12. The van der Waals surface area contributed by atoms with Gasteiger partial charge in [0.1, 0.15) is 11.6 Å². The maximum Gasteiger partial charge on any atom is 0.237 e. The Hall–Kier alpha value is -1.49. The monoisotopic (exact) mass is 308 g/mol. The lowest BCUT2D eigenvalue weighted by Crippen LogP contribution is -2.43. The van der Waals surface area contributed by atoms with E-state index < -0.39 is 11.6 Å². The second-order valence-electron chi connectivity index (χ2n) is 6.35. The summed E-state index contributed by atoms with van der Waals surface area (Å²) in [6, 6.07) is 4.14. The van der Waals surface area contributed by atoms with Crippen LogP contribution < -0.4 is 10.6 Å². The Morgan fingerprint density at radius 1 is 1.23 bits per heavy atom. The van der Waals surface area contributed by atoms with Gasteiger partial charge in [0.2, 0.25) is 5.91 Å². The summed E-state index contributed by atoms with van der Waals surface area (Å²) in [7, 11) is 0. The normalized spacial score (nSPS) is 27.5. The molecule has 3 nitrogen and oxygen atoms in total. The van der Waals surface area contributed by atoms with Gasteiger partial charge in [-0.1, -0.05) is 18.9 Å². The zero-order valence-electron chi connectivity index (χ0n) is 12.6. The lowest BCUT2D eigenvalue weighted by molar-refractivity contribution is -0.122. The molecule has 1 aliphatic heterocycles. The van der Waals surface area contributed by atoms with Crippen LogP contribution in [0.4, 0.5) is 8.78 Å². The zero-order chi connectivity index (χ0) is 15.5. The van der Waals surface area contributed by atoms with Crippen LogP contribution in [0.1, 0.15) is 37.7 Å². The molecule has 2 fully saturated rings. The molecule has 120 valence electrons. The van der Waals surface area contributed by atoms with Crippen molar-refractivity contribution in [1.82, 2.24) is 10.6 Å². The number of carbonyl (C=O) groups is 1. The van der Waals surface area contributed by atoms with Crippen molar-refractivity contribution in [2.24, 2.45) is 5.92 Å². The molecule has 0 aromatic heterocycles. The molecule has 0 radical (unpaired) electrons. The van der Waals surface area contributed by atoms with Crippen molar-refractivity contribution in [3.63, 3.8) is 0 Å². The quantitative estimate of drug-likeness (QED) is 0.897. The summed E-state index contributed by atoms with van der Waals surface area (Å²) in [5, 5.41) is 6.21. The van der Waals surface area contributed by atoms with Crippen molar-refractivity contribution in [2.45, 2.75) is 50.6 Å². The summed E-state index contributed by atoms with van der Waals surface area (Å²) in [5.41, 5.74) is 0.0378. The third-order valence-electron chi connectivity index (χ3n) is 4.92. The molecule has 2 N–H and O–H groups in total. The van der Waals surface area contributed by atoms with Crippen LogP contribution in [0.2, 0.25) is 0 Å². The number of carbonyl (C=O) groups excluding carboxylic acids is 1. The molecule has 1 aromatic rings. The van der Waals surface area contributed by atoms with E-state index in [1.807, 2.05) is 0 Å². The van der Waals surface area contributed by atoms with E-state index in [0.717, 1.165) is 12.8 Å². The number of hydrogen-bond acceptors (Lipinski definition) is 2. The number of rotatable bonds is 4. The van der Waals surface area contributed by atoms with E-state index in [1.165, 1.54) is 37.5 Å². The highest BCUT2D eigenvalue weighted by Gasteiger charge is 2.37. The van der Waals surface area contributed by atoms with Gasteiger partial charge >= 0.3 is 0 Å². The fourth-order valence-electron chi connectivity index (χ4n) is 3.73. The number of fused-ring (bicyclic) bond motifs is 1. The third kappa shape index (κ3) is 3.29. The van der Waals surface area contributed by atoms with E-state index >= 15 is 0 Å². The highest BCUT2D eigenvalue weighted by molar-refractivity contribution is 5.82. The predicted octanol–water partition coefficient (Wildman–Crippen LogP) is 2.54. The molecule has 1 aromatic carbocycles. The van der Waals surface area contributed by atoms with Crippen molar-refractivity contribution in [1.29, 1.82) is 0 Å². The molecule has 3 atom stereocenters. The van der Waals surface area contributed by atoms with Gasteiger partial charge in [-0.15, -0.1) is 0 Å². The van der Waals surface area contributed by atoms with Crippen LogP contribution in [-0.4, -0.2) is 24.5 Å². The SMILES string of the molecule is O=C(NCCc1c(F)cccc1F)C1CC2CCCCC2N1. The van der Waals surface area contributed by atoms with Gasteiger partial charge in [0.25, 0.3) is 0 Å². The first kappa shape index (κ1) is 15.4. The van der Waals surface area contributed by atoms with Crippen LogP contribution in [0.5, 0.6) is 0 Å². The van der Waals surface area contributed by atoms with Crippen molar-refractivity contribution >= 4 is 5.91 Å². The maximum atomic E-state index is 13.5. The Morgan fingerprint density at radius 2 is 1.95 bits per heavy atom. The lowest BCUT2D eigenvalue weighted by atomic mass is 9.85. The van der Waals surface area contributed by atoms with Crippen molar-refractivity contribution in [3.8, 4) is 0 Å². The van der Waals surface area contributed by atoms with E-state index in [2.05, 4.69) is 10.6 Å². The van der Waals surface area contributed by atoms with Crippen molar-refractivity contribution in [2.75, 3.05) is 6.54 Å². The first-order valence-electron chi connectivity index (χ1n) is 8.12. The minimum Gasteiger partial charge on any atom is -0.354 e. The number of nitrogens with one attached hydrogen (secondary N) is 2. The zero-order valence-corrected chi connectivity index (χ0v) is 12.6. The van der Waals surface area contributed by atoms with Gasteiger partial charge in [-0.25, -0.2) is 8.78 Å². The van der Waals surface area contributed by atoms with Gasteiger partial charge in [-0.05, 0) is 43.7 Å². The molecule has 22 heavy (non-hydrogen) atoms. The predicted molar refractivity (Wildman–Crippen MR) is 80.4 cm³/mol. The highest BCUT2D eigenvalue weighted by atomic mass is 19.1. The van der Waals surface area contributed by atoms with E-state index in [9.17, 15) is 13.6 Å². The molecule has 0 bridgehead atoms. The largest absolute Gasteiger partial charge is 0.354 e. The van der Waals surface area contributed by atoms with Crippen LogP contribution in [0, 0.1) is 17.6 Å². The lowest BCUT2D eigenvalue weighted by Gasteiger charge is -2.24. The average molecular weight is 308 g/mol. The number of hydrogen-bond donors (Lipinski definition) is 2. The number of benzene rings is 1. The summed E-state index contributed by atoms with van der Waals surface area (Å²) in [6.07, 6.45) is 5.88. The minimum absolute atomic E-state index is 0.0378. The van der Waals surface area contributed by atoms with Gasteiger partial charge in [-0.3, -0.25) is 4.79 Å². The van der Waals surface area contributed by atoms with Crippen LogP contribution >= 0.6 is 0 Å². The van der Waals surface area contributed by atoms with Gasteiger partial charge in [-0.2, -0.15) is 0 Å². The molecule has 3 rings (SSSR count). The standard InChI is InChI=1S/C17H22F2N2O/c18-13-5-3-6-14(19)12(13)8-9-20-17(22)16-10-11-4-1-2-7-15(11)21-16/h3,5-6,11,15-16,21H,1-2,4,7-10H2,(H,20,22).